The van der Waals surface area contributed by atoms with Gasteiger partial charge in [0.1, 0.15) is 0 Å². The summed E-state index contributed by atoms with van der Waals surface area (Å²) < 4.78 is 1.71. The lowest BCUT2D eigenvalue weighted by molar-refractivity contribution is 0.894. The molecule has 2 heterocycles. The van der Waals surface area contributed by atoms with Crippen molar-refractivity contribution in [3.05, 3.63) is 64.4 Å². The third-order valence-corrected chi connectivity index (χ3v) is 5.18. The summed E-state index contributed by atoms with van der Waals surface area (Å²) in [5.41, 5.74) is 3.37. The van der Waals surface area contributed by atoms with Crippen molar-refractivity contribution in [2.45, 2.75) is 16.7 Å². The first kappa shape index (κ1) is 13.3. The van der Waals surface area contributed by atoms with Crippen molar-refractivity contribution in [2.75, 3.05) is 0 Å². The number of nitrogens with zero attached hydrogens (tertiary/aromatic N) is 2. The summed E-state index contributed by atoms with van der Waals surface area (Å²) in [7, 11) is 1.82. The largest absolute Gasteiger partial charge is 0.311 e. The first-order chi connectivity index (χ1) is 10.7. The molecule has 0 amide bonds. The maximum Gasteiger partial charge on any atom is 0.261 e. The van der Waals surface area contributed by atoms with E-state index in [2.05, 4.69) is 17.1 Å². The smallest absolute Gasteiger partial charge is 0.261 e. The van der Waals surface area contributed by atoms with E-state index in [1.165, 1.54) is 0 Å². The maximum atomic E-state index is 12.8. The molecule has 22 heavy (non-hydrogen) atoms. The molecular weight excluding hydrogens is 292 g/mol. The monoisotopic (exact) mass is 306 g/mol. The molecule has 0 radical (unpaired) electrons. The molecule has 1 aliphatic rings. The first-order valence-electron chi connectivity index (χ1n) is 7.11. The Morgan fingerprint density at radius 2 is 1.77 bits per heavy atom. The molecule has 2 aromatic carbocycles. The molecule has 3 aromatic rings. The van der Waals surface area contributed by atoms with Gasteiger partial charge in [-0.1, -0.05) is 42.1 Å². The van der Waals surface area contributed by atoms with Gasteiger partial charge in [0.15, 0.2) is 0 Å². The summed E-state index contributed by atoms with van der Waals surface area (Å²) in [5, 5.41) is 1.09. The van der Waals surface area contributed by atoms with Crippen molar-refractivity contribution < 1.29 is 0 Å². The number of fused-ring (bicyclic) bond motifs is 4. The van der Waals surface area contributed by atoms with Crippen molar-refractivity contribution in [2.24, 2.45) is 12.0 Å². The number of aliphatic imine (C=N–C) groups is 1. The van der Waals surface area contributed by atoms with Gasteiger partial charge >= 0.3 is 0 Å². The minimum absolute atomic E-state index is 0.00950. The van der Waals surface area contributed by atoms with Crippen molar-refractivity contribution >= 4 is 34.1 Å². The minimum atomic E-state index is 0.00950. The zero-order valence-electron chi connectivity index (χ0n) is 12.3. The molecule has 0 N–H and O–H groups in total. The molecule has 0 saturated heterocycles. The predicted octanol–water partition coefficient (Wildman–Crippen LogP) is 4.14. The Morgan fingerprint density at radius 1 is 1.05 bits per heavy atom. The van der Waals surface area contributed by atoms with Crippen LogP contribution in [-0.4, -0.2) is 10.3 Å². The van der Waals surface area contributed by atoms with Crippen LogP contribution in [0.1, 0.15) is 12.5 Å². The Balaban J connectivity index is 2.18. The van der Waals surface area contributed by atoms with Crippen LogP contribution in [-0.2, 0) is 7.05 Å². The van der Waals surface area contributed by atoms with Crippen LogP contribution in [0, 0.1) is 0 Å². The Morgan fingerprint density at radius 3 is 2.64 bits per heavy atom. The number of benzene rings is 2. The lowest BCUT2D eigenvalue weighted by Crippen LogP contribution is -2.25. The number of para-hydroxylation sites is 2. The van der Waals surface area contributed by atoms with E-state index in [9.17, 15) is 4.79 Å². The number of pyridine rings is 1. The van der Waals surface area contributed by atoms with E-state index in [0.717, 1.165) is 32.1 Å². The third kappa shape index (κ3) is 1.84. The number of hydrogen-bond donors (Lipinski definition) is 0. The predicted molar refractivity (Wildman–Crippen MR) is 91.6 cm³/mol. The highest BCUT2D eigenvalue weighted by molar-refractivity contribution is 7.99. The van der Waals surface area contributed by atoms with Gasteiger partial charge in [-0.2, -0.15) is 0 Å². The van der Waals surface area contributed by atoms with E-state index in [1.54, 1.807) is 16.3 Å². The van der Waals surface area contributed by atoms with Crippen LogP contribution in [0.5, 0.6) is 0 Å². The number of aryl methyl sites for hydroxylation is 1. The Bertz CT molecular complexity index is 1000. The highest BCUT2D eigenvalue weighted by atomic mass is 32.2. The average molecular weight is 306 g/mol. The zero-order chi connectivity index (χ0) is 15.3. The van der Waals surface area contributed by atoms with E-state index in [1.807, 2.05) is 50.4 Å². The minimum Gasteiger partial charge on any atom is -0.311 e. The SMILES string of the molecule is CC1=Nc2ccccc2Sc2c1c(=O)n(C)c1ccccc21. The first-order valence-corrected chi connectivity index (χ1v) is 7.93. The van der Waals surface area contributed by atoms with Crippen LogP contribution in [0.15, 0.2) is 68.1 Å². The van der Waals surface area contributed by atoms with Crippen molar-refractivity contribution in [3.8, 4) is 0 Å². The molecule has 1 aromatic heterocycles. The summed E-state index contributed by atoms with van der Waals surface area (Å²) in [6.07, 6.45) is 0. The summed E-state index contributed by atoms with van der Waals surface area (Å²) in [5.74, 6) is 0. The molecule has 4 rings (SSSR count). The number of hydrogen-bond acceptors (Lipinski definition) is 3. The van der Waals surface area contributed by atoms with Crippen molar-refractivity contribution in [1.82, 2.24) is 4.57 Å². The molecule has 0 aliphatic carbocycles. The molecule has 4 heteroatoms. The Labute approximate surface area is 132 Å². The summed E-state index contributed by atoms with van der Waals surface area (Å²) in [4.78, 5) is 19.6. The quantitative estimate of drug-likeness (QED) is 0.625. The normalized spacial score (nSPS) is 13.3. The second kappa shape index (κ2) is 4.85. The average Bonchev–Trinajstić information content (AvgIpc) is 2.68. The molecule has 0 bridgehead atoms. The molecule has 0 fully saturated rings. The molecular formula is C18H14N2OS. The fourth-order valence-electron chi connectivity index (χ4n) is 2.87. The summed E-state index contributed by atoms with van der Waals surface area (Å²) in [6, 6.07) is 16.1. The van der Waals surface area contributed by atoms with Gasteiger partial charge in [-0.25, -0.2) is 0 Å². The maximum absolute atomic E-state index is 12.8. The van der Waals surface area contributed by atoms with Gasteiger partial charge in [0.05, 0.1) is 22.5 Å². The van der Waals surface area contributed by atoms with Crippen molar-refractivity contribution in [1.29, 1.82) is 0 Å². The molecule has 0 unspecified atom stereocenters. The van der Waals surface area contributed by atoms with Gasteiger partial charge in [0.2, 0.25) is 0 Å². The fourth-order valence-corrected chi connectivity index (χ4v) is 4.08. The van der Waals surface area contributed by atoms with Crippen LogP contribution in [0.2, 0.25) is 0 Å². The molecule has 0 spiro atoms. The van der Waals surface area contributed by atoms with Crippen LogP contribution in [0.3, 0.4) is 0 Å². The third-order valence-electron chi connectivity index (χ3n) is 3.98. The second-order valence-electron chi connectivity index (χ2n) is 5.35. The van der Waals surface area contributed by atoms with Gasteiger partial charge in [-0.05, 0) is 25.1 Å². The van der Waals surface area contributed by atoms with Crippen LogP contribution >= 0.6 is 11.8 Å². The molecule has 0 atom stereocenters. The van der Waals surface area contributed by atoms with Gasteiger partial charge in [-0.3, -0.25) is 9.79 Å². The van der Waals surface area contributed by atoms with Crippen LogP contribution in [0.4, 0.5) is 5.69 Å². The van der Waals surface area contributed by atoms with Gasteiger partial charge in [0.25, 0.3) is 5.56 Å². The van der Waals surface area contributed by atoms with Crippen LogP contribution < -0.4 is 5.56 Å². The highest BCUT2D eigenvalue weighted by Crippen LogP contribution is 2.42. The Kier molecular flexibility index (Phi) is 2.94. The van der Waals surface area contributed by atoms with E-state index in [-0.39, 0.29) is 5.56 Å². The van der Waals surface area contributed by atoms with Gasteiger partial charge in [0, 0.05) is 22.2 Å². The molecule has 1 aliphatic heterocycles. The zero-order valence-corrected chi connectivity index (χ0v) is 13.1. The van der Waals surface area contributed by atoms with E-state index >= 15 is 0 Å². The summed E-state index contributed by atoms with van der Waals surface area (Å²) in [6.45, 7) is 1.91. The van der Waals surface area contributed by atoms with E-state index < -0.39 is 0 Å². The fraction of sp³-hybridized carbons (Fsp3) is 0.111. The molecule has 0 saturated carbocycles. The van der Waals surface area contributed by atoms with Gasteiger partial charge < -0.3 is 4.57 Å². The van der Waals surface area contributed by atoms with Gasteiger partial charge in [-0.15, -0.1) is 0 Å². The molecule has 3 nitrogen and oxygen atoms in total. The standard InChI is InChI=1S/C18H14N2OS/c1-11-16-17(22-15-10-6-4-8-13(15)19-11)12-7-3-5-9-14(12)20(2)18(16)21/h3-10H,1-2H3. The van der Waals surface area contributed by atoms with Crippen LogP contribution in [0.25, 0.3) is 10.9 Å². The lowest BCUT2D eigenvalue weighted by atomic mass is 10.1. The second-order valence-corrected chi connectivity index (χ2v) is 6.40. The summed E-state index contributed by atoms with van der Waals surface area (Å²) >= 11 is 1.63. The number of aromatic nitrogens is 1. The van der Waals surface area contributed by atoms with Crippen molar-refractivity contribution in [3.63, 3.8) is 0 Å². The topological polar surface area (TPSA) is 34.4 Å². The van der Waals surface area contributed by atoms with E-state index in [4.69, 9.17) is 0 Å². The Hall–Kier alpha value is -2.33. The number of rotatable bonds is 0. The molecule has 108 valence electrons. The van der Waals surface area contributed by atoms with E-state index in [0.29, 0.717) is 5.56 Å². The lowest BCUT2D eigenvalue weighted by Gasteiger charge is -2.13. The highest BCUT2D eigenvalue weighted by Gasteiger charge is 2.21.